The molecule has 1 aromatic carbocycles. The lowest BCUT2D eigenvalue weighted by atomic mass is 10.2. The van der Waals surface area contributed by atoms with Crippen molar-refractivity contribution in [3.63, 3.8) is 0 Å². The zero-order valence-electron chi connectivity index (χ0n) is 10.2. The molecule has 0 spiro atoms. The number of nitrogens with two attached hydrogens (primary N) is 1. The van der Waals surface area contributed by atoms with Gasteiger partial charge in [-0.15, -0.1) is 0 Å². The van der Waals surface area contributed by atoms with Gasteiger partial charge in [-0.05, 0) is 18.2 Å². The highest BCUT2D eigenvalue weighted by Crippen LogP contribution is 2.09. The lowest BCUT2D eigenvalue weighted by Crippen LogP contribution is -2.29. The third-order valence-corrected chi connectivity index (χ3v) is 4.04. The first-order valence-electron chi connectivity index (χ1n) is 5.18. The van der Waals surface area contributed by atoms with E-state index in [1.54, 1.807) is 0 Å². The number of amides is 1. The van der Waals surface area contributed by atoms with Gasteiger partial charge < -0.3 is 5.32 Å². The number of sulfonamides is 1. The van der Waals surface area contributed by atoms with Crippen LogP contribution in [0.4, 0.5) is 0 Å². The molecule has 7 nitrogen and oxygen atoms in total. The molecule has 0 saturated heterocycles. The minimum atomic E-state index is -3.88. The smallest absolute Gasteiger partial charge is 0.251 e. The summed E-state index contributed by atoms with van der Waals surface area (Å²) >= 11 is 0. The summed E-state index contributed by atoms with van der Waals surface area (Å²) in [4.78, 5) is 11.5. The summed E-state index contributed by atoms with van der Waals surface area (Å²) in [5.41, 5.74) is 0.0972. The summed E-state index contributed by atoms with van der Waals surface area (Å²) in [6.45, 7) is -0.0444. The molecule has 0 atom stereocenters. The van der Waals surface area contributed by atoms with Crippen LogP contribution in [0.3, 0.4) is 0 Å². The molecule has 19 heavy (non-hydrogen) atoms. The van der Waals surface area contributed by atoms with E-state index in [-0.39, 0.29) is 22.8 Å². The van der Waals surface area contributed by atoms with Crippen LogP contribution in [-0.2, 0) is 19.9 Å². The molecular weight excluding hydrogens is 292 g/mol. The van der Waals surface area contributed by atoms with Gasteiger partial charge in [-0.25, -0.2) is 22.0 Å². The molecule has 1 rings (SSSR count). The number of rotatable bonds is 5. The van der Waals surface area contributed by atoms with E-state index in [1.165, 1.54) is 18.2 Å². The molecule has 0 heterocycles. The zero-order chi connectivity index (χ0) is 14.7. The maximum atomic E-state index is 11.7. The number of hydrogen-bond donors (Lipinski definition) is 2. The maximum absolute atomic E-state index is 11.7. The van der Waals surface area contributed by atoms with E-state index < -0.39 is 25.8 Å². The first kappa shape index (κ1) is 15.6. The van der Waals surface area contributed by atoms with Crippen LogP contribution in [0, 0.1) is 0 Å². The molecule has 0 unspecified atom stereocenters. The van der Waals surface area contributed by atoms with Gasteiger partial charge in [-0.3, -0.25) is 4.79 Å². The average molecular weight is 306 g/mol. The Morgan fingerprint density at radius 3 is 2.42 bits per heavy atom. The largest absolute Gasteiger partial charge is 0.351 e. The van der Waals surface area contributed by atoms with E-state index >= 15 is 0 Å². The summed E-state index contributed by atoms with van der Waals surface area (Å²) in [5, 5.41) is 7.32. The highest BCUT2D eigenvalue weighted by Gasteiger charge is 2.12. The number of primary sulfonamides is 1. The fraction of sp³-hybridized carbons (Fsp3) is 0.300. The molecular formula is C10H14N2O5S2. The Bertz CT molecular complexity index is 680. The molecule has 0 bridgehead atoms. The van der Waals surface area contributed by atoms with Crippen molar-refractivity contribution in [2.45, 2.75) is 4.90 Å². The molecule has 106 valence electrons. The molecule has 0 aliphatic heterocycles. The van der Waals surface area contributed by atoms with Gasteiger partial charge in [0.2, 0.25) is 10.0 Å². The van der Waals surface area contributed by atoms with Crippen molar-refractivity contribution in [2.75, 3.05) is 18.6 Å². The van der Waals surface area contributed by atoms with Gasteiger partial charge in [0.15, 0.2) is 0 Å². The molecule has 1 aromatic rings. The summed E-state index contributed by atoms with van der Waals surface area (Å²) < 4.78 is 44.0. The number of nitrogens with one attached hydrogen (secondary N) is 1. The van der Waals surface area contributed by atoms with Crippen LogP contribution in [0.5, 0.6) is 0 Å². The Hall–Kier alpha value is -1.45. The monoisotopic (exact) mass is 306 g/mol. The Labute approximate surface area is 111 Å². The van der Waals surface area contributed by atoms with Crippen LogP contribution in [0.15, 0.2) is 29.2 Å². The third kappa shape index (κ3) is 5.37. The van der Waals surface area contributed by atoms with Crippen molar-refractivity contribution < 1.29 is 21.6 Å². The van der Waals surface area contributed by atoms with E-state index in [4.69, 9.17) is 5.14 Å². The Kier molecular flexibility index (Phi) is 4.66. The average Bonchev–Trinajstić information content (AvgIpc) is 2.26. The summed E-state index contributed by atoms with van der Waals surface area (Å²) in [5.74, 6) is -0.748. The summed E-state index contributed by atoms with van der Waals surface area (Å²) in [6.07, 6.45) is 1.06. The molecule has 0 radical (unpaired) electrons. The third-order valence-electron chi connectivity index (χ3n) is 2.18. The number of carbonyl (C=O) groups excluding carboxylic acids is 1. The predicted octanol–water partition coefficient (Wildman–Crippen LogP) is -0.892. The van der Waals surface area contributed by atoms with E-state index in [1.807, 2.05) is 0 Å². The molecule has 9 heteroatoms. The van der Waals surface area contributed by atoms with Crippen molar-refractivity contribution in [3.05, 3.63) is 29.8 Å². The molecule has 0 aliphatic rings. The number of hydrogen-bond acceptors (Lipinski definition) is 5. The highest BCUT2D eigenvalue weighted by molar-refractivity contribution is 7.90. The van der Waals surface area contributed by atoms with Crippen LogP contribution < -0.4 is 10.5 Å². The van der Waals surface area contributed by atoms with Crippen molar-refractivity contribution in [2.24, 2.45) is 5.14 Å². The lowest BCUT2D eigenvalue weighted by molar-refractivity contribution is 0.0956. The normalized spacial score (nSPS) is 12.1. The van der Waals surface area contributed by atoms with Crippen molar-refractivity contribution in [1.29, 1.82) is 0 Å². The van der Waals surface area contributed by atoms with Gasteiger partial charge in [0, 0.05) is 18.4 Å². The summed E-state index contributed by atoms with van der Waals surface area (Å²) in [7, 11) is -7.04. The van der Waals surface area contributed by atoms with Gasteiger partial charge in [0.1, 0.15) is 9.84 Å². The molecule has 0 aliphatic carbocycles. The Morgan fingerprint density at radius 1 is 1.26 bits per heavy atom. The SMILES string of the molecule is CS(=O)(=O)CCNC(=O)c1cccc(S(N)(=O)=O)c1. The van der Waals surface area contributed by atoms with E-state index in [2.05, 4.69) is 5.32 Å². The fourth-order valence-electron chi connectivity index (χ4n) is 1.27. The Balaban J connectivity index is 2.79. The number of sulfone groups is 1. The maximum Gasteiger partial charge on any atom is 0.251 e. The molecule has 1 amide bonds. The second-order valence-corrected chi connectivity index (χ2v) is 7.78. The van der Waals surface area contributed by atoms with Gasteiger partial charge >= 0.3 is 0 Å². The summed E-state index contributed by atoms with van der Waals surface area (Å²) in [6, 6.07) is 5.18. The van der Waals surface area contributed by atoms with Gasteiger partial charge in [-0.2, -0.15) is 0 Å². The quantitative estimate of drug-likeness (QED) is 0.730. The van der Waals surface area contributed by atoms with Gasteiger partial charge in [0.25, 0.3) is 5.91 Å². The van der Waals surface area contributed by atoms with Crippen molar-refractivity contribution in [1.82, 2.24) is 5.32 Å². The van der Waals surface area contributed by atoms with E-state index in [0.717, 1.165) is 12.3 Å². The van der Waals surface area contributed by atoms with Gasteiger partial charge in [-0.1, -0.05) is 6.07 Å². The van der Waals surface area contributed by atoms with Crippen molar-refractivity contribution >= 4 is 25.8 Å². The molecule has 0 aromatic heterocycles. The number of benzene rings is 1. The first-order chi connectivity index (χ1) is 8.59. The Morgan fingerprint density at radius 2 is 1.89 bits per heavy atom. The van der Waals surface area contributed by atoms with Crippen LogP contribution in [-0.4, -0.2) is 41.3 Å². The zero-order valence-corrected chi connectivity index (χ0v) is 11.8. The molecule has 0 saturated carbocycles. The minimum Gasteiger partial charge on any atom is -0.351 e. The topological polar surface area (TPSA) is 123 Å². The minimum absolute atomic E-state index is 0.0444. The van der Waals surface area contributed by atoms with Crippen molar-refractivity contribution in [3.8, 4) is 0 Å². The van der Waals surface area contributed by atoms with Crippen LogP contribution in [0.1, 0.15) is 10.4 Å². The first-order valence-corrected chi connectivity index (χ1v) is 8.79. The lowest BCUT2D eigenvalue weighted by Gasteiger charge is -2.05. The van der Waals surface area contributed by atoms with E-state index in [0.29, 0.717) is 0 Å². The number of carbonyl (C=O) groups is 1. The van der Waals surface area contributed by atoms with Crippen LogP contribution in [0.25, 0.3) is 0 Å². The second kappa shape index (κ2) is 5.68. The molecule has 0 fully saturated rings. The highest BCUT2D eigenvalue weighted by atomic mass is 32.2. The van der Waals surface area contributed by atoms with Gasteiger partial charge in [0.05, 0.1) is 10.6 Å². The second-order valence-electron chi connectivity index (χ2n) is 3.96. The fourth-order valence-corrected chi connectivity index (χ4v) is 2.30. The van der Waals surface area contributed by atoms with Crippen LogP contribution in [0.2, 0.25) is 0 Å². The standard InChI is InChI=1S/C10H14N2O5S2/c1-18(14,15)6-5-12-10(13)8-3-2-4-9(7-8)19(11,16)17/h2-4,7H,5-6H2,1H3,(H,12,13)(H2,11,16,17). The molecule has 3 N–H and O–H groups in total. The van der Waals surface area contributed by atoms with E-state index in [9.17, 15) is 21.6 Å². The predicted molar refractivity (Wildman–Crippen MR) is 69.9 cm³/mol. The van der Waals surface area contributed by atoms with Crippen LogP contribution >= 0.6 is 0 Å².